The molecule has 0 N–H and O–H groups in total. The highest BCUT2D eigenvalue weighted by atomic mass is 16.5. The quantitative estimate of drug-likeness (QED) is 0.244. The Bertz CT molecular complexity index is 1470. The number of nitrogens with zero attached hydrogens (tertiary/aromatic N) is 3. The Morgan fingerprint density at radius 3 is 2.52 bits per heavy atom. The molecule has 0 aliphatic carbocycles. The Kier molecular flexibility index (Phi) is 9.57. The molecule has 0 unspecified atom stereocenters. The van der Waals surface area contributed by atoms with Crippen LogP contribution in [0.4, 0.5) is 0 Å². The Hall–Kier alpha value is -4.58. The molecular formula is C34H37N3O3. The van der Waals surface area contributed by atoms with Crippen LogP contribution in [0.3, 0.4) is 0 Å². The summed E-state index contributed by atoms with van der Waals surface area (Å²) in [6.45, 7) is 13.6. The van der Waals surface area contributed by atoms with Crippen molar-refractivity contribution < 1.29 is 9.53 Å². The van der Waals surface area contributed by atoms with Crippen LogP contribution < -0.4 is 15.2 Å². The van der Waals surface area contributed by atoms with Gasteiger partial charge in [0.15, 0.2) is 11.4 Å². The molecule has 0 fully saturated rings. The predicted octanol–water partition coefficient (Wildman–Crippen LogP) is 6.65. The molecule has 2 aromatic carbocycles. The third-order valence-corrected chi connectivity index (χ3v) is 6.90. The van der Waals surface area contributed by atoms with E-state index in [0.29, 0.717) is 13.2 Å². The number of rotatable bonds is 12. The van der Waals surface area contributed by atoms with E-state index in [0.717, 1.165) is 35.1 Å². The molecule has 2 heterocycles. The van der Waals surface area contributed by atoms with Crippen molar-refractivity contribution in [3.8, 4) is 5.75 Å². The fourth-order valence-electron chi connectivity index (χ4n) is 4.85. The number of carbonyl (C=O) groups excluding carboxylic acids is 1. The molecule has 0 radical (unpaired) electrons. The summed E-state index contributed by atoms with van der Waals surface area (Å²) < 4.78 is 7.86. The SMILES string of the molecule is C=Cc1ccccc1[C@@H](C(=C)/C=C\C=C/C)N1CN(CCCC)C(=O)c2c(OCc3ccccc3)c(=O)ccn21. The first-order valence-electron chi connectivity index (χ1n) is 13.7. The summed E-state index contributed by atoms with van der Waals surface area (Å²) in [5.74, 6) is -0.176. The van der Waals surface area contributed by atoms with Crippen molar-refractivity contribution in [2.24, 2.45) is 0 Å². The fraction of sp³-hybridized carbons (Fsp3) is 0.235. The average Bonchev–Trinajstić information content (AvgIpc) is 2.98. The van der Waals surface area contributed by atoms with E-state index in [4.69, 9.17) is 4.74 Å². The molecule has 1 aliphatic heterocycles. The molecule has 1 aromatic heterocycles. The molecule has 0 saturated carbocycles. The van der Waals surface area contributed by atoms with Crippen LogP contribution in [0, 0.1) is 0 Å². The maximum atomic E-state index is 13.9. The Morgan fingerprint density at radius 2 is 1.80 bits per heavy atom. The number of hydrogen-bond donors (Lipinski definition) is 0. The fourth-order valence-corrected chi connectivity index (χ4v) is 4.85. The van der Waals surface area contributed by atoms with Crippen LogP contribution >= 0.6 is 0 Å². The number of ether oxygens (including phenoxy) is 1. The van der Waals surface area contributed by atoms with Gasteiger partial charge in [0.25, 0.3) is 5.91 Å². The monoisotopic (exact) mass is 535 g/mol. The van der Waals surface area contributed by atoms with Gasteiger partial charge in [-0.3, -0.25) is 19.3 Å². The van der Waals surface area contributed by atoms with Crippen LogP contribution in [0.2, 0.25) is 0 Å². The molecule has 3 aromatic rings. The summed E-state index contributed by atoms with van der Waals surface area (Å²) in [6.07, 6.45) is 13.1. The highest BCUT2D eigenvalue weighted by Crippen LogP contribution is 2.34. The topological polar surface area (TPSA) is 54.8 Å². The van der Waals surface area contributed by atoms with Gasteiger partial charge in [-0.15, -0.1) is 0 Å². The molecular weight excluding hydrogens is 498 g/mol. The van der Waals surface area contributed by atoms with Crippen LogP contribution in [0.5, 0.6) is 5.75 Å². The van der Waals surface area contributed by atoms with Crippen LogP contribution in [0.25, 0.3) is 6.08 Å². The average molecular weight is 536 g/mol. The lowest BCUT2D eigenvalue weighted by Crippen LogP contribution is -2.56. The number of allylic oxidation sites excluding steroid dienone is 3. The lowest BCUT2D eigenvalue weighted by Gasteiger charge is -2.44. The number of benzene rings is 2. The van der Waals surface area contributed by atoms with Crippen molar-refractivity contribution in [1.29, 1.82) is 0 Å². The van der Waals surface area contributed by atoms with E-state index >= 15 is 0 Å². The van der Waals surface area contributed by atoms with Gasteiger partial charge in [-0.05, 0) is 35.6 Å². The Balaban J connectivity index is 1.89. The van der Waals surface area contributed by atoms with Crippen molar-refractivity contribution in [3.05, 3.63) is 143 Å². The number of aromatic nitrogens is 1. The maximum Gasteiger partial charge on any atom is 0.277 e. The molecule has 4 rings (SSSR count). The van der Waals surface area contributed by atoms with E-state index in [1.54, 1.807) is 15.8 Å². The minimum Gasteiger partial charge on any atom is -0.482 e. The van der Waals surface area contributed by atoms with Gasteiger partial charge >= 0.3 is 0 Å². The first-order valence-corrected chi connectivity index (χ1v) is 13.7. The zero-order valence-electron chi connectivity index (χ0n) is 23.3. The molecule has 1 aliphatic rings. The zero-order chi connectivity index (χ0) is 28.5. The largest absolute Gasteiger partial charge is 0.482 e. The molecule has 0 saturated heterocycles. The van der Waals surface area contributed by atoms with Gasteiger partial charge in [0.1, 0.15) is 13.3 Å². The van der Waals surface area contributed by atoms with Gasteiger partial charge in [-0.2, -0.15) is 0 Å². The molecule has 1 atom stereocenters. The van der Waals surface area contributed by atoms with Gasteiger partial charge in [0.2, 0.25) is 5.43 Å². The lowest BCUT2D eigenvalue weighted by molar-refractivity contribution is 0.0674. The van der Waals surface area contributed by atoms with E-state index in [-0.39, 0.29) is 35.4 Å². The van der Waals surface area contributed by atoms with Gasteiger partial charge in [0, 0.05) is 18.8 Å². The van der Waals surface area contributed by atoms with Crippen molar-refractivity contribution in [2.45, 2.75) is 39.3 Å². The first kappa shape index (κ1) is 28.4. The smallest absolute Gasteiger partial charge is 0.277 e. The summed E-state index contributed by atoms with van der Waals surface area (Å²) in [5, 5.41) is 2.08. The van der Waals surface area contributed by atoms with Crippen LogP contribution in [-0.4, -0.2) is 28.7 Å². The summed E-state index contributed by atoms with van der Waals surface area (Å²) in [4.78, 5) is 28.9. The van der Waals surface area contributed by atoms with E-state index in [2.05, 4.69) is 31.2 Å². The van der Waals surface area contributed by atoms with Gasteiger partial charge in [0.05, 0.1) is 6.04 Å². The summed E-state index contributed by atoms with van der Waals surface area (Å²) in [7, 11) is 0. The molecule has 206 valence electrons. The molecule has 1 amide bonds. The third kappa shape index (κ3) is 6.18. The standard InChI is InChI=1S/C34H37N3O3/c1-5-8-11-16-26(4)31(29-20-15-14-19-28(29)7-3)37-25-35(22-9-6-2)34(39)32-33(30(38)21-23-36(32)37)40-24-27-17-12-10-13-18-27/h5,7-8,10-21,23,31H,3-4,6,9,22,24-25H2,1-2H3/b8-5-,16-11-/t31-/m1/s1. The lowest BCUT2D eigenvalue weighted by atomic mass is 9.94. The predicted molar refractivity (Wildman–Crippen MR) is 163 cm³/mol. The van der Waals surface area contributed by atoms with Crippen molar-refractivity contribution in [1.82, 2.24) is 9.58 Å². The van der Waals surface area contributed by atoms with Crippen molar-refractivity contribution in [2.75, 3.05) is 18.2 Å². The molecule has 6 heteroatoms. The molecule has 0 spiro atoms. The van der Waals surface area contributed by atoms with Crippen LogP contribution in [-0.2, 0) is 6.61 Å². The van der Waals surface area contributed by atoms with Crippen molar-refractivity contribution in [3.63, 3.8) is 0 Å². The highest BCUT2D eigenvalue weighted by Gasteiger charge is 2.37. The number of hydrogen-bond acceptors (Lipinski definition) is 4. The summed E-state index contributed by atoms with van der Waals surface area (Å²) in [5.41, 5.74) is 3.59. The summed E-state index contributed by atoms with van der Waals surface area (Å²) in [6, 6.07) is 18.8. The maximum absolute atomic E-state index is 13.9. The van der Waals surface area contributed by atoms with Crippen LogP contribution in [0.15, 0.2) is 115 Å². The first-order chi connectivity index (χ1) is 19.5. The second-order valence-corrected chi connectivity index (χ2v) is 9.67. The van der Waals surface area contributed by atoms with E-state index < -0.39 is 0 Å². The zero-order valence-corrected chi connectivity index (χ0v) is 23.3. The minimum absolute atomic E-state index is 0.0494. The normalized spacial score (nSPS) is 14.0. The van der Waals surface area contributed by atoms with E-state index in [1.165, 1.54) is 6.07 Å². The minimum atomic E-state index is -0.351. The van der Waals surface area contributed by atoms with Gasteiger partial charge in [-0.25, -0.2) is 0 Å². The second-order valence-electron chi connectivity index (χ2n) is 9.67. The molecule has 40 heavy (non-hydrogen) atoms. The third-order valence-electron chi connectivity index (χ3n) is 6.90. The molecule has 6 nitrogen and oxygen atoms in total. The van der Waals surface area contributed by atoms with Crippen molar-refractivity contribution >= 4 is 12.0 Å². The van der Waals surface area contributed by atoms with E-state index in [9.17, 15) is 9.59 Å². The Labute approximate surface area is 236 Å². The Morgan fingerprint density at radius 1 is 1.05 bits per heavy atom. The highest BCUT2D eigenvalue weighted by molar-refractivity contribution is 5.96. The van der Waals surface area contributed by atoms with Gasteiger partial charge in [-0.1, -0.05) is 111 Å². The summed E-state index contributed by atoms with van der Waals surface area (Å²) >= 11 is 0. The number of pyridine rings is 1. The molecule has 0 bridgehead atoms. The number of fused-ring (bicyclic) bond motifs is 1. The number of unbranched alkanes of at least 4 members (excludes halogenated alkanes) is 1. The van der Waals surface area contributed by atoms with E-state index in [1.807, 2.05) is 85.8 Å². The van der Waals surface area contributed by atoms with Crippen LogP contribution in [0.1, 0.15) is 59.9 Å². The van der Waals surface area contributed by atoms with Gasteiger partial charge < -0.3 is 9.64 Å². The number of amides is 1. The second kappa shape index (κ2) is 13.5. The number of carbonyl (C=O) groups is 1.